The van der Waals surface area contributed by atoms with E-state index in [4.69, 9.17) is 0 Å². The van der Waals surface area contributed by atoms with Crippen molar-refractivity contribution in [2.75, 3.05) is 0 Å². The molecule has 1 aliphatic rings. The first-order valence-corrected chi connectivity index (χ1v) is 16.0. The van der Waals surface area contributed by atoms with Crippen LogP contribution < -0.4 is 0 Å². The minimum absolute atomic E-state index is 1.22. The summed E-state index contributed by atoms with van der Waals surface area (Å²) in [6.07, 6.45) is 0. The van der Waals surface area contributed by atoms with Gasteiger partial charge < -0.3 is 0 Å². The Labute approximate surface area is 267 Å². The Morgan fingerprint density at radius 1 is 0.239 bits per heavy atom. The van der Waals surface area contributed by atoms with Gasteiger partial charge >= 0.3 is 0 Å². The van der Waals surface area contributed by atoms with Crippen molar-refractivity contribution < 1.29 is 0 Å². The predicted molar refractivity (Wildman–Crippen MR) is 197 cm³/mol. The minimum atomic E-state index is 1.22. The molecule has 9 aromatic carbocycles. The van der Waals surface area contributed by atoms with E-state index in [1.807, 2.05) is 0 Å². The highest BCUT2D eigenvalue weighted by molar-refractivity contribution is 6.20. The maximum Gasteiger partial charge on any atom is -0.00201 e. The van der Waals surface area contributed by atoms with Crippen molar-refractivity contribution in [1.82, 2.24) is 0 Å². The fourth-order valence-electron chi connectivity index (χ4n) is 7.93. The quantitative estimate of drug-likeness (QED) is 0.144. The van der Waals surface area contributed by atoms with Gasteiger partial charge in [-0.3, -0.25) is 0 Å². The molecule has 46 heavy (non-hydrogen) atoms. The molecule has 0 saturated carbocycles. The van der Waals surface area contributed by atoms with Crippen LogP contribution in [0, 0.1) is 0 Å². The third-order valence-electron chi connectivity index (χ3n) is 9.96. The van der Waals surface area contributed by atoms with Crippen molar-refractivity contribution in [2.24, 2.45) is 0 Å². The maximum atomic E-state index is 2.38. The van der Waals surface area contributed by atoms with Crippen LogP contribution in [0.3, 0.4) is 0 Å². The van der Waals surface area contributed by atoms with Crippen molar-refractivity contribution >= 4 is 43.1 Å². The number of hydrogen-bond donors (Lipinski definition) is 0. The van der Waals surface area contributed by atoms with Crippen molar-refractivity contribution in [3.63, 3.8) is 0 Å². The van der Waals surface area contributed by atoms with Crippen LogP contribution in [0.25, 0.3) is 98.7 Å². The van der Waals surface area contributed by atoms with Crippen LogP contribution in [-0.2, 0) is 0 Å². The lowest BCUT2D eigenvalue weighted by molar-refractivity contribution is 1.58. The first-order chi connectivity index (χ1) is 22.8. The molecule has 1 aliphatic carbocycles. The largest absolute Gasteiger partial charge is 0.0616 e. The lowest BCUT2D eigenvalue weighted by atomic mass is 9.88. The summed E-state index contributed by atoms with van der Waals surface area (Å²) in [6.45, 7) is 0. The number of benzene rings is 9. The van der Waals surface area contributed by atoms with Crippen LogP contribution in [0.4, 0.5) is 0 Å². The van der Waals surface area contributed by atoms with E-state index in [2.05, 4.69) is 170 Å². The van der Waals surface area contributed by atoms with E-state index >= 15 is 0 Å². The summed E-state index contributed by atoms with van der Waals surface area (Å²) in [6, 6.07) is 62.8. The summed E-state index contributed by atoms with van der Waals surface area (Å²) in [7, 11) is 0. The van der Waals surface area contributed by atoms with E-state index in [1.165, 1.54) is 98.7 Å². The van der Waals surface area contributed by atoms with E-state index in [0.29, 0.717) is 0 Å². The highest BCUT2D eigenvalue weighted by atomic mass is 14.3. The van der Waals surface area contributed by atoms with Crippen LogP contribution in [-0.4, -0.2) is 0 Å². The summed E-state index contributed by atoms with van der Waals surface area (Å²) in [4.78, 5) is 0. The molecule has 0 fully saturated rings. The molecule has 212 valence electrons. The number of rotatable bonds is 3. The Morgan fingerprint density at radius 2 is 0.826 bits per heavy atom. The molecular weight excluding hydrogens is 553 g/mol. The molecule has 0 atom stereocenters. The molecule has 0 bridgehead atoms. The molecule has 0 amide bonds. The van der Waals surface area contributed by atoms with Gasteiger partial charge in [-0.15, -0.1) is 0 Å². The van der Waals surface area contributed by atoms with Crippen molar-refractivity contribution in [3.05, 3.63) is 170 Å². The van der Waals surface area contributed by atoms with Crippen molar-refractivity contribution in [2.45, 2.75) is 0 Å². The zero-order valence-corrected chi connectivity index (χ0v) is 25.2. The smallest absolute Gasteiger partial charge is 0.00201 e. The van der Waals surface area contributed by atoms with Gasteiger partial charge in [0.2, 0.25) is 0 Å². The lowest BCUT2D eigenvalue weighted by Gasteiger charge is -2.15. The molecule has 0 heterocycles. The summed E-state index contributed by atoms with van der Waals surface area (Å²) < 4.78 is 0. The lowest BCUT2D eigenvalue weighted by Crippen LogP contribution is -1.89. The Morgan fingerprint density at radius 3 is 1.67 bits per heavy atom. The second kappa shape index (κ2) is 9.76. The Balaban J connectivity index is 1.15. The molecule has 0 saturated heterocycles. The Hall–Kier alpha value is -5.98. The molecule has 0 N–H and O–H groups in total. The van der Waals surface area contributed by atoms with Gasteiger partial charge in [-0.2, -0.15) is 0 Å². The van der Waals surface area contributed by atoms with Crippen LogP contribution in [0.1, 0.15) is 0 Å². The first kappa shape index (κ1) is 25.4. The highest BCUT2D eigenvalue weighted by Gasteiger charge is 2.24. The maximum absolute atomic E-state index is 2.38. The van der Waals surface area contributed by atoms with Crippen LogP contribution >= 0.6 is 0 Å². The van der Waals surface area contributed by atoms with E-state index < -0.39 is 0 Å². The molecule has 0 radical (unpaired) electrons. The van der Waals surface area contributed by atoms with E-state index in [9.17, 15) is 0 Å². The van der Waals surface area contributed by atoms with Gasteiger partial charge in [0.05, 0.1) is 0 Å². The third-order valence-corrected chi connectivity index (χ3v) is 9.96. The number of hydrogen-bond acceptors (Lipinski definition) is 0. The summed E-state index contributed by atoms with van der Waals surface area (Å²) in [5.74, 6) is 0. The normalized spacial score (nSPS) is 11.9. The fourth-order valence-corrected chi connectivity index (χ4v) is 7.93. The van der Waals surface area contributed by atoms with Crippen molar-refractivity contribution in [3.8, 4) is 55.6 Å². The van der Waals surface area contributed by atoms with Crippen molar-refractivity contribution in [1.29, 1.82) is 0 Å². The van der Waals surface area contributed by atoms with Gasteiger partial charge in [0.25, 0.3) is 0 Å². The second-order valence-corrected chi connectivity index (χ2v) is 12.5. The van der Waals surface area contributed by atoms with Gasteiger partial charge in [0.15, 0.2) is 0 Å². The van der Waals surface area contributed by atoms with Gasteiger partial charge in [-0.1, -0.05) is 152 Å². The molecular formula is C46H28. The molecule has 10 rings (SSSR count). The fraction of sp³-hybridized carbons (Fsp3) is 0. The molecule has 0 aliphatic heterocycles. The molecule has 0 unspecified atom stereocenters. The third kappa shape index (κ3) is 3.68. The monoisotopic (exact) mass is 580 g/mol. The van der Waals surface area contributed by atoms with Crippen LogP contribution in [0.2, 0.25) is 0 Å². The van der Waals surface area contributed by atoms with Gasteiger partial charge in [-0.05, 0) is 117 Å². The molecule has 0 aromatic heterocycles. The molecule has 9 aromatic rings. The SMILES string of the molecule is c1cc(-c2cccc(-c3c4ccccc4cc4c3ccc3ccccc34)c2)cc(-c2cccc3c2-c2cccc4cccc-3c24)c1. The molecule has 0 heteroatoms. The van der Waals surface area contributed by atoms with Gasteiger partial charge in [0, 0.05) is 0 Å². The molecule has 0 spiro atoms. The average Bonchev–Trinajstić information content (AvgIpc) is 3.46. The standard InChI is InChI=1S/C46H28/c1-3-18-36-29(10-1)24-25-41-43(36)28-34-11-2-4-19-37(34)45(41)35-17-6-15-32(27-35)31-14-5-16-33(26-31)38-20-9-22-40-39-21-7-12-30-13-8-23-42(44(30)39)46(38)40/h1-28H. The zero-order valence-electron chi connectivity index (χ0n) is 25.2. The van der Waals surface area contributed by atoms with Crippen LogP contribution in [0.15, 0.2) is 170 Å². The van der Waals surface area contributed by atoms with E-state index in [1.54, 1.807) is 0 Å². The average molecular weight is 581 g/mol. The predicted octanol–water partition coefficient (Wildman–Crippen LogP) is 12.9. The van der Waals surface area contributed by atoms with Crippen LogP contribution in [0.5, 0.6) is 0 Å². The minimum Gasteiger partial charge on any atom is -0.0616 e. The first-order valence-electron chi connectivity index (χ1n) is 16.0. The van der Waals surface area contributed by atoms with Gasteiger partial charge in [-0.25, -0.2) is 0 Å². The Bertz CT molecular complexity index is 2690. The second-order valence-electron chi connectivity index (χ2n) is 12.5. The van der Waals surface area contributed by atoms with E-state index in [-0.39, 0.29) is 0 Å². The number of fused-ring (bicyclic) bond motifs is 7. The Kier molecular flexibility index (Phi) is 5.38. The summed E-state index contributed by atoms with van der Waals surface area (Å²) in [5, 5.41) is 10.4. The summed E-state index contributed by atoms with van der Waals surface area (Å²) >= 11 is 0. The van der Waals surface area contributed by atoms with E-state index in [0.717, 1.165) is 0 Å². The zero-order chi connectivity index (χ0) is 30.2. The highest BCUT2D eigenvalue weighted by Crippen LogP contribution is 2.51. The topological polar surface area (TPSA) is 0 Å². The van der Waals surface area contributed by atoms with Gasteiger partial charge in [0.1, 0.15) is 0 Å². The molecule has 0 nitrogen and oxygen atoms in total. The summed E-state index contributed by atoms with van der Waals surface area (Å²) in [5.41, 5.74) is 12.8.